The minimum absolute atomic E-state index is 0.0162. The van der Waals surface area contributed by atoms with E-state index in [1.807, 2.05) is 0 Å². The molecule has 1 aliphatic heterocycles. The second-order valence-corrected chi connectivity index (χ2v) is 7.96. The smallest absolute Gasteiger partial charge is 0.345 e. The number of carbonyl (C=O) groups is 1. The van der Waals surface area contributed by atoms with E-state index in [0.29, 0.717) is 12.2 Å². The predicted octanol–water partition coefficient (Wildman–Crippen LogP) is 1.70. The maximum absolute atomic E-state index is 11.9. The van der Waals surface area contributed by atoms with Crippen molar-refractivity contribution < 1.29 is 23.1 Å². The number of hydrogen-bond acceptors (Lipinski definition) is 5. The molecule has 0 amide bonds. The van der Waals surface area contributed by atoms with Crippen molar-refractivity contribution >= 4 is 38.9 Å². The summed E-state index contributed by atoms with van der Waals surface area (Å²) in [5, 5.41) is 8.84. The van der Waals surface area contributed by atoms with Crippen LogP contribution in [0.3, 0.4) is 0 Å². The molecule has 0 saturated carbocycles. The first-order valence-corrected chi connectivity index (χ1v) is 8.82. The molecule has 1 fully saturated rings. The molecule has 2 N–H and O–H groups in total. The molecular formula is C11H14ClNO5S2. The van der Waals surface area contributed by atoms with Gasteiger partial charge in [0.25, 0.3) is 0 Å². The van der Waals surface area contributed by atoms with E-state index >= 15 is 0 Å². The Morgan fingerprint density at radius 1 is 1.60 bits per heavy atom. The van der Waals surface area contributed by atoms with E-state index in [1.54, 1.807) is 0 Å². The lowest BCUT2D eigenvalue weighted by molar-refractivity contribution is 0.0702. The molecule has 1 aromatic rings. The molecule has 2 rings (SSSR count). The van der Waals surface area contributed by atoms with E-state index in [1.165, 1.54) is 6.07 Å². The van der Waals surface area contributed by atoms with Gasteiger partial charge in [0.1, 0.15) is 4.88 Å². The lowest BCUT2D eigenvalue weighted by atomic mass is 10.3. The number of carboxylic acids is 1. The summed E-state index contributed by atoms with van der Waals surface area (Å²) in [6.07, 6.45) is 1.35. The van der Waals surface area contributed by atoms with Gasteiger partial charge >= 0.3 is 5.97 Å². The maximum atomic E-state index is 11.9. The first kappa shape index (κ1) is 15.7. The third-order valence-corrected chi connectivity index (χ3v) is 5.70. The van der Waals surface area contributed by atoms with Crippen LogP contribution in [0, 0.1) is 0 Å². The van der Waals surface area contributed by atoms with E-state index in [0.717, 1.165) is 24.2 Å². The van der Waals surface area contributed by atoms with Crippen LogP contribution in [0.2, 0.25) is 4.34 Å². The molecule has 0 aromatic carbocycles. The molecule has 1 atom stereocenters. The number of carboxylic acid groups (broad SMARTS) is 1. The van der Waals surface area contributed by atoms with Crippen LogP contribution in [-0.2, 0) is 21.3 Å². The van der Waals surface area contributed by atoms with E-state index in [4.69, 9.17) is 21.4 Å². The van der Waals surface area contributed by atoms with Crippen molar-refractivity contribution in [3.63, 3.8) is 0 Å². The van der Waals surface area contributed by atoms with Crippen molar-refractivity contribution in [3.05, 3.63) is 20.8 Å². The number of ether oxygens (including phenoxy) is 1. The maximum Gasteiger partial charge on any atom is 0.345 e. The highest BCUT2D eigenvalue weighted by Crippen LogP contribution is 2.27. The lowest BCUT2D eigenvalue weighted by Gasteiger charge is -2.10. The average molecular weight is 340 g/mol. The topological polar surface area (TPSA) is 92.7 Å². The average Bonchev–Trinajstić information content (AvgIpc) is 2.96. The van der Waals surface area contributed by atoms with Gasteiger partial charge in [0.15, 0.2) is 0 Å². The Kier molecular flexibility index (Phi) is 5.03. The Morgan fingerprint density at radius 3 is 2.90 bits per heavy atom. The molecule has 0 bridgehead atoms. The summed E-state index contributed by atoms with van der Waals surface area (Å²) in [5.41, 5.74) is 0.463. The molecule has 1 saturated heterocycles. The second kappa shape index (κ2) is 6.40. The fourth-order valence-corrected chi connectivity index (χ4v) is 4.26. The van der Waals surface area contributed by atoms with Crippen molar-refractivity contribution in [1.29, 1.82) is 0 Å². The fraction of sp³-hybridized carbons (Fsp3) is 0.545. The molecule has 2 heterocycles. The Balaban J connectivity index is 1.95. The van der Waals surface area contributed by atoms with Crippen LogP contribution in [0.5, 0.6) is 0 Å². The normalized spacial score (nSPS) is 19.4. The Bertz CT molecular complexity index is 592. The van der Waals surface area contributed by atoms with Crippen molar-refractivity contribution in [3.8, 4) is 0 Å². The number of thiophene rings is 1. The van der Waals surface area contributed by atoms with Crippen LogP contribution >= 0.6 is 22.9 Å². The zero-order valence-corrected chi connectivity index (χ0v) is 12.9. The van der Waals surface area contributed by atoms with Crippen molar-refractivity contribution in [2.45, 2.75) is 25.5 Å². The van der Waals surface area contributed by atoms with Crippen LogP contribution in [-0.4, -0.2) is 38.0 Å². The first-order chi connectivity index (χ1) is 9.37. The Labute approximate surface area is 125 Å². The van der Waals surface area contributed by atoms with Gasteiger partial charge in [-0.3, -0.25) is 0 Å². The molecule has 0 radical (unpaired) electrons. The van der Waals surface area contributed by atoms with Gasteiger partial charge in [-0.2, -0.15) is 0 Å². The van der Waals surface area contributed by atoms with Crippen LogP contribution in [0.4, 0.5) is 0 Å². The minimum Gasteiger partial charge on any atom is -0.477 e. The van der Waals surface area contributed by atoms with Gasteiger partial charge in [-0.25, -0.2) is 17.9 Å². The standard InChI is InChI=1S/C11H14ClNO5S2/c12-10-7(4-9(19-10)11(14)15)5-13-20(16,17)6-8-2-1-3-18-8/h4,8,13H,1-3,5-6H2,(H,14,15). The van der Waals surface area contributed by atoms with Crippen molar-refractivity contribution in [2.24, 2.45) is 0 Å². The van der Waals surface area contributed by atoms with Crippen molar-refractivity contribution in [1.82, 2.24) is 4.72 Å². The van der Waals surface area contributed by atoms with Crippen LogP contribution in [0.1, 0.15) is 28.1 Å². The summed E-state index contributed by atoms with van der Waals surface area (Å²) in [4.78, 5) is 10.9. The fourth-order valence-electron chi connectivity index (χ4n) is 1.90. The number of rotatable bonds is 6. The van der Waals surface area contributed by atoms with Gasteiger partial charge in [-0.15, -0.1) is 11.3 Å². The second-order valence-electron chi connectivity index (χ2n) is 4.45. The minimum atomic E-state index is -3.47. The van der Waals surface area contributed by atoms with Gasteiger partial charge < -0.3 is 9.84 Å². The van der Waals surface area contributed by atoms with Gasteiger partial charge in [0.2, 0.25) is 10.0 Å². The monoisotopic (exact) mass is 339 g/mol. The van der Waals surface area contributed by atoms with E-state index in [9.17, 15) is 13.2 Å². The van der Waals surface area contributed by atoms with Gasteiger partial charge in [0, 0.05) is 13.2 Å². The molecule has 1 aromatic heterocycles. The summed E-state index contributed by atoms with van der Waals surface area (Å²) >= 11 is 6.80. The summed E-state index contributed by atoms with van der Waals surface area (Å²) in [6, 6.07) is 1.38. The predicted molar refractivity (Wildman–Crippen MR) is 75.9 cm³/mol. The number of nitrogens with one attached hydrogen (secondary N) is 1. The third kappa shape index (κ3) is 4.16. The van der Waals surface area contributed by atoms with Gasteiger partial charge in [-0.1, -0.05) is 11.6 Å². The van der Waals surface area contributed by atoms with E-state index < -0.39 is 16.0 Å². The number of aromatic carboxylic acids is 1. The number of halogens is 1. The quantitative estimate of drug-likeness (QED) is 0.822. The molecule has 112 valence electrons. The molecular weight excluding hydrogens is 326 g/mol. The van der Waals surface area contributed by atoms with Gasteiger partial charge in [0.05, 0.1) is 16.2 Å². The Morgan fingerprint density at radius 2 is 2.35 bits per heavy atom. The van der Waals surface area contributed by atoms with E-state index in [2.05, 4.69) is 4.72 Å². The molecule has 6 nitrogen and oxygen atoms in total. The van der Waals surface area contributed by atoms with Gasteiger partial charge in [-0.05, 0) is 24.5 Å². The third-order valence-electron chi connectivity index (χ3n) is 2.88. The Hall–Kier alpha value is -0.670. The molecule has 9 heteroatoms. The molecule has 20 heavy (non-hydrogen) atoms. The summed E-state index contributed by atoms with van der Waals surface area (Å²) in [6.45, 7) is 0.580. The molecule has 0 spiro atoms. The zero-order valence-electron chi connectivity index (χ0n) is 10.5. The van der Waals surface area contributed by atoms with Crippen LogP contribution in [0.25, 0.3) is 0 Å². The zero-order chi connectivity index (χ0) is 14.8. The molecule has 1 aliphatic rings. The molecule has 0 aliphatic carbocycles. The van der Waals surface area contributed by atoms with Crippen molar-refractivity contribution in [2.75, 3.05) is 12.4 Å². The largest absolute Gasteiger partial charge is 0.477 e. The summed E-state index contributed by atoms with van der Waals surface area (Å²) < 4.78 is 31.7. The SMILES string of the molecule is O=C(O)c1cc(CNS(=O)(=O)CC2CCCO2)c(Cl)s1. The lowest BCUT2D eigenvalue weighted by Crippen LogP contribution is -2.31. The summed E-state index contributed by atoms with van der Waals surface area (Å²) in [5.74, 6) is -1.16. The van der Waals surface area contributed by atoms with Crippen LogP contribution in [0.15, 0.2) is 6.07 Å². The number of sulfonamides is 1. The highest BCUT2D eigenvalue weighted by atomic mass is 35.5. The first-order valence-electron chi connectivity index (χ1n) is 5.98. The number of hydrogen-bond donors (Lipinski definition) is 2. The highest BCUT2D eigenvalue weighted by molar-refractivity contribution is 7.89. The highest BCUT2D eigenvalue weighted by Gasteiger charge is 2.23. The summed E-state index contributed by atoms with van der Waals surface area (Å²) in [7, 11) is -3.47. The molecule has 1 unspecified atom stereocenters. The van der Waals surface area contributed by atoms with Crippen LogP contribution < -0.4 is 4.72 Å². The van der Waals surface area contributed by atoms with E-state index in [-0.39, 0.29) is 27.6 Å².